The lowest BCUT2D eigenvalue weighted by Gasteiger charge is -2.07. The molecule has 4 heteroatoms. The molecule has 0 saturated heterocycles. The molecule has 14 heavy (non-hydrogen) atoms. The van der Waals surface area contributed by atoms with Crippen LogP contribution in [-0.4, -0.2) is 18.2 Å². The van der Waals surface area contributed by atoms with Gasteiger partial charge in [-0.05, 0) is 12.1 Å². The summed E-state index contributed by atoms with van der Waals surface area (Å²) in [5.41, 5.74) is 0.862. The Hall–Kier alpha value is -0.540. The highest BCUT2D eigenvalue weighted by Gasteiger charge is 2.07. The second-order valence-electron chi connectivity index (χ2n) is 2.81. The van der Waals surface area contributed by atoms with Gasteiger partial charge in [0, 0.05) is 17.0 Å². The molecular formula is C10H10BrClO2. The maximum Gasteiger partial charge on any atom is 0.147 e. The smallest absolute Gasteiger partial charge is 0.147 e. The van der Waals surface area contributed by atoms with Crippen LogP contribution in [0.2, 0.25) is 5.02 Å². The van der Waals surface area contributed by atoms with Gasteiger partial charge in [0.25, 0.3) is 0 Å². The number of methoxy groups -OCH3 is 1. The minimum atomic E-state index is 0.116. The second-order valence-corrected chi connectivity index (χ2v) is 3.80. The number of ether oxygens (including phenoxy) is 1. The Labute approximate surface area is 96.3 Å². The highest BCUT2D eigenvalue weighted by Crippen LogP contribution is 2.23. The van der Waals surface area contributed by atoms with Crippen molar-refractivity contribution in [1.29, 1.82) is 0 Å². The number of hydrogen-bond acceptors (Lipinski definition) is 2. The molecule has 0 heterocycles. The van der Waals surface area contributed by atoms with E-state index in [0.29, 0.717) is 22.5 Å². The molecule has 0 atom stereocenters. The van der Waals surface area contributed by atoms with Gasteiger partial charge < -0.3 is 4.74 Å². The first kappa shape index (κ1) is 11.5. The Balaban J connectivity index is 2.90. The van der Waals surface area contributed by atoms with Gasteiger partial charge in [-0.1, -0.05) is 33.6 Å². The van der Waals surface area contributed by atoms with Crippen LogP contribution < -0.4 is 4.74 Å². The zero-order valence-electron chi connectivity index (χ0n) is 7.72. The van der Waals surface area contributed by atoms with Crippen molar-refractivity contribution in [2.24, 2.45) is 0 Å². The van der Waals surface area contributed by atoms with Crippen LogP contribution in [0.15, 0.2) is 18.2 Å². The summed E-state index contributed by atoms with van der Waals surface area (Å²) in [7, 11) is 1.56. The molecule has 0 unspecified atom stereocenters. The van der Waals surface area contributed by atoms with Crippen LogP contribution in [0.4, 0.5) is 0 Å². The topological polar surface area (TPSA) is 26.3 Å². The highest BCUT2D eigenvalue weighted by atomic mass is 79.9. The second kappa shape index (κ2) is 5.37. The van der Waals surface area contributed by atoms with Gasteiger partial charge in [-0.2, -0.15) is 0 Å². The number of halogens is 2. The van der Waals surface area contributed by atoms with Crippen molar-refractivity contribution >= 4 is 33.3 Å². The van der Waals surface area contributed by atoms with Crippen molar-refractivity contribution in [2.45, 2.75) is 6.42 Å². The predicted molar refractivity (Wildman–Crippen MR) is 60.5 cm³/mol. The molecule has 0 bridgehead atoms. The monoisotopic (exact) mass is 276 g/mol. The van der Waals surface area contributed by atoms with Gasteiger partial charge in [0.05, 0.1) is 12.4 Å². The van der Waals surface area contributed by atoms with Crippen molar-refractivity contribution in [1.82, 2.24) is 0 Å². The molecule has 0 radical (unpaired) electrons. The lowest BCUT2D eigenvalue weighted by Crippen LogP contribution is -2.04. The number of ketones is 1. The fourth-order valence-electron chi connectivity index (χ4n) is 1.12. The summed E-state index contributed by atoms with van der Waals surface area (Å²) in [5.74, 6) is 0.775. The number of rotatable bonds is 4. The average molecular weight is 278 g/mol. The zero-order chi connectivity index (χ0) is 10.6. The van der Waals surface area contributed by atoms with E-state index < -0.39 is 0 Å². The van der Waals surface area contributed by atoms with Gasteiger partial charge in [0.1, 0.15) is 11.5 Å². The van der Waals surface area contributed by atoms with Crippen LogP contribution in [0.1, 0.15) is 5.56 Å². The third-order valence-electron chi connectivity index (χ3n) is 1.79. The normalized spacial score (nSPS) is 9.93. The van der Waals surface area contributed by atoms with Crippen molar-refractivity contribution in [3.63, 3.8) is 0 Å². The molecule has 1 aromatic carbocycles. The number of Topliss-reactive ketones (excluding diaryl/α,β-unsaturated/α-hetero) is 1. The number of carbonyl (C=O) groups excluding carboxylic acids is 1. The molecule has 76 valence electrons. The van der Waals surface area contributed by atoms with Gasteiger partial charge in [0.2, 0.25) is 0 Å². The van der Waals surface area contributed by atoms with Crippen LogP contribution in [0.25, 0.3) is 0 Å². The van der Waals surface area contributed by atoms with E-state index in [4.69, 9.17) is 16.3 Å². The van der Waals surface area contributed by atoms with E-state index in [1.165, 1.54) is 0 Å². The van der Waals surface area contributed by atoms with Gasteiger partial charge >= 0.3 is 0 Å². The van der Waals surface area contributed by atoms with E-state index in [0.717, 1.165) is 5.56 Å². The number of benzene rings is 1. The molecule has 0 aromatic heterocycles. The van der Waals surface area contributed by atoms with Gasteiger partial charge in [0.15, 0.2) is 0 Å². The Morgan fingerprint density at radius 1 is 1.57 bits per heavy atom. The van der Waals surface area contributed by atoms with Crippen molar-refractivity contribution in [3.8, 4) is 5.75 Å². The lowest BCUT2D eigenvalue weighted by molar-refractivity contribution is -0.115. The van der Waals surface area contributed by atoms with Gasteiger partial charge in [-0.25, -0.2) is 0 Å². The number of carbonyl (C=O) groups is 1. The highest BCUT2D eigenvalue weighted by molar-refractivity contribution is 9.09. The summed E-state index contributed by atoms with van der Waals surface area (Å²) in [6, 6.07) is 5.26. The van der Waals surface area contributed by atoms with E-state index in [9.17, 15) is 4.79 Å². The summed E-state index contributed by atoms with van der Waals surface area (Å²) in [6.07, 6.45) is 0.367. The quantitative estimate of drug-likeness (QED) is 0.791. The van der Waals surface area contributed by atoms with Crippen LogP contribution in [0.3, 0.4) is 0 Å². The third-order valence-corrected chi connectivity index (χ3v) is 2.65. The molecule has 1 rings (SSSR count). The first-order chi connectivity index (χ1) is 6.67. The Morgan fingerprint density at radius 3 is 2.86 bits per heavy atom. The predicted octanol–water partition coefficient (Wildman–Crippen LogP) is 2.86. The first-order valence-electron chi connectivity index (χ1n) is 4.07. The van der Waals surface area contributed by atoms with E-state index in [1.54, 1.807) is 19.2 Å². The molecule has 0 aliphatic carbocycles. The molecule has 0 saturated carbocycles. The largest absolute Gasteiger partial charge is 0.496 e. The molecule has 0 amide bonds. The van der Waals surface area contributed by atoms with Crippen molar-refractivity contribution in [2.75, 3.05) is 12.4 Å². The molecular weight excluding hydrogens is 267 g/mol. The van der Waals surface area contributed by atoms with Crippen LogP contribution >= 0.6 is 27.5 Å². The van der Waals surface area contributed by atoms with Gasteiger partial charge in [-0.3, -0.25) is 4.79 Å². The van der Waals surface area contributed by atoms with Crippen LogP contribution in [0.5, 0.6) is 5.75 Å². The summed E-state index contributed by atoms with van der Waals surface area (Å²) in [4.78, 5) is 11.2. The van der Waals surface area contributed by atoms with Crippen molar-refractivity contribution < 1.29 is 9.53 Å². The van der Waals surface area contributed by atoms with Gasteiger partial charge in [-0.15, -0.1) is 0 Å². The molecule has 0 aliphatic heterocycles. The Bertz CT molecular complexity index is 339. The molecule has 0 N–H and O–H groups in total. The fourth-order valence-corrected chi connectivity index (χ4v) is 1.48. The third kappa shape index (κ3) is 3.00. The SMILES string of the molecule is COc1cc(Cl)ccc1CC(=O)CBr. The van der Waals surface area contributed by atoms with E-state index in [1.807, 2.05) is 6.07 Å². The van der Waals surface area contributed by atoms with E-state index >= 15 is 0 Å². The summed E-state index contributed by atoms with van der Waals surface area (Å²) in [5, 5.41) is 0.968. The number of alkyl halides is 1. The Kier molecular flexibility index (Phi) is 4.42. The zero-order valence-corrected chi connectivity index (χ0v) is 10.1. The number of hydrogen-bond donors (Lipinski definition) is 0. The summed E-state index contributed by atoms with van der Waals surface area (Å²) >= 11 is 8.91. The van der Waals surface area contributed by atoms with Crippen molar-refractivity contribution in [3.05, 3.63) is 28.8 Å². The minimum absolute atomic E-state index is 0.116. The molecule has 0 fully saturated rings. The first-order valence-corrected chi connectivity index (χ1v) is 5.57. The maximum atomic E-state index is 11.2. The molecule has 1 aromatic rings. The molecule has 2 nitrogen and oxygen atoms in total. The maximum absolute atomic E-state index is 11.2. The molecule has 0 aliphatic rings. The Morgan fingerprint density at radius 2 is 2.29 bits per heavy atom. The molecule has 0 spiro atoms. The van der Waals surface area contributed by atoms with Crippen LogP contribution in [-0.2, 0) is 11.2 Å². The standard InChI is InChI=1S/C10H10BrClO2/c1-14-10-5-8(12)3-2-7(10)4-9(13)6-11/h2-3,5H,4,6H2,1H3. The average Bonchev–Trinajstić information content (AvgIpc) is 2.20. The van der Waals surface area contributed by atoms with E-state index in [-0.39, 0.29) is 5.78 Å². The summed E-state index contributed by atoms with van der Waals surface area (Å²) < 4.78 is 5.12. The fraction of sp³-hybridized carbons (Fsp3) is 0.300. The minimum Gasteiger partial charge on any atom is -0.496 e. The summed E-state index contributed by atoms with van der Waals surface area (Å²) in [6.45, 7) is 0. The lowest BCUT2D eigenvalue weighted by atomic mass is 10.1. The van der Waals surface area contributed by atoms with Crippen LogP contribution in [0, 0.1) is 0 Å². The van der Waals surface area contributed by atoms with E-state index in [2.05, 4.69) is 15.9 Å².